The van der Waals surface area contributed by atoms with Crippen LogP contribution in [0.15, 0.2) is 152 Å². The van der Waals surface area contributed by atoms with Crippen LogP contribution in [0.4, 0.5) is 0 Å². The Morgan fingerprint density at radius 1 is 0.409 bits per heavy atom. The zero-order valence-corrected chi connectivity index (χ0v) is 24.5. The smallest absolute Gasteiger partial charge is 0.160 e. The molecule has 0 amide bonds. The van der Waals surface area contributed by atoms with Gasteiger partial charge in [0.2, 0.25) is 0 Å². The molecule has 0 fully saturated rings. The van der Waals surface area contributed by atoms with Crippen LogP contribution >= 0.6 is 11.3 Å². The lowest BCUT2D eigenvalue weighted by Crippen LogP contribution is -1.95. The first-order chi connectivity index (χ1) is 21.8. The van der Waals surface area contributed by atoms with Gasteiger partial charge in [-0.05, 0) is 54.6 Å². The number of hydrogen-bond donors (Lipinski definition) is 0. The molecule has 0 aliphatic rings. The monoisotopic (exact) mass is 579 g/mol. The Kier molecular flexibility index (Phi) is 5.68. The quantitative estimate of drug-likeness (QED) is 0.208. The molecule has 0 saturated heterocycles. The molecule has 3 nitrogen and oxygen atoms in total. The van der Waals surface area contributed by atoms with Crippen LogP contribution in [0.5, 0.6) is 0 Å². The molecule has 0 unspecified atom stereocenters. The van der Waals surface area contributed by atoms with Gasteiger partial charge in [0.25, 0.3) is 0 Å². The summed E-state index contributed by atoms with van der Waals surface area (Å²) in [6.07, 6.45) is 0. The molecule has 44 heavy (non-hydrogen) atoms. The molecular formula is C40H25N3S. The van der Waals surface area contributed by atoms with Crippen molar-refractivity contribution in [2.75, 3.05) is 0 Å². The first-order valence-corrected chi connectivity index (χ1v) is 15.6. The third kappa shape index (κ3) is 4.03. The van der Waals surface area contributed by atoms with Gasteiger partial charge < -0.3 is 4.57 Å². The molecule has 3 aromatic heterocycles. The third-order valence-corrected chi connectivity index (χ3v) is 9.57. The number of aromatic nitrogens is 3. The van der Waals surface area contributed by atoms with Crippen LogP contribution in [0.1, 0.15) is 0 Å². The highest BCUT2D eigenvalue weighted by Gasteiger charge is 2.15. The molecule has 9 rings (SSSR count). The lowest BCUT2D eigenvalue weighted by molar-refractivity contribution is 1.18. The highest BCUT2D eigenvalue weighted by Crippen LogP contribution is 2.39. The molecular weight excluding hydrogens is 555 g/mol. The molecule has 0 spiro atoms. The summed E-state index contributed by atoms with van der Waals surface area (Å²) in [5, 5.41) is 5.00. The minimum atomic E-state index is 0.727. The molecule has 9 aromatic rings. The standard InChI is InChI=1S/C40H25N3S/c1-3-11-26(12-4-1)34-25-35(27-13-5-2-6-14-27)42-40(41-34)28-19-21-38-32(23-28)33-24-29(20-22-39(33)44-38)43-36-17-9-7-15-30(36)31-16-8-10-18-37(31)43/h1-25H. The molecule has 0 radical (unpaired) electrons. The van der Waals surface area contributed by atoms with Crippen molar-refractivity contribution in [3.05, 3.63) is 152 Å². The van der Waals surface area contributed by atoms with Crippen LogP contribution in [-0.2, 0) is 0 Å². The van der Waals surface area contributed by atoms with Gasteiger partial charge in [0, 0.05) is 53.3 Å². The fourth-order valence-corrected chi connectivity index (χ4v) is 7.40. The van der Waals surface area contributed by atoms with E-state index < -0.39 is 0 Å². The van der Waals surface area contributed by atoms with Gasteiger partial charge in [-0.2, -0.15) is 0 Å². The Bertz CT molecular complexity index is 2380. The van der Waals surface area contributed by atoms with E-state index in [4.69, 9.17) is 9.97 Å². The Labute approximate surface area is 258 Å². The zero-order valence-electron chi connectivity index (χ0n) is 23.7. The summed E-state index contributed by atoms with van der Waals surface area (Å²) in [7, 11) is 0. The summed E-state index contributed by atoms with van der Waals surface area (Å²) in [5.41, 5.74) is 8.58. The van der Waals surface area contributed by atoms with Gasteiger partial charge in [0.15, 0.2) is 5.82 Å². The fourth-order valence-electron chi connectivity index (χ4n) is 6.33. The molecule has 0 aliphatic carbocycles. The normalized spacial score (nSPS) is 11.6. The summed E-state index contributed by atoms with van der Waals surface area (Å²) in [4.78, 5) is 10.2. The van der Waals surface area contributed by atoms with Gasteiger partial charge in [-0.25, -0.2) is 9.97 Å². The van der Waals surface area contributed by atoms with Crippen molar-refractivity contribution in [3.8, 4) is 39.6 Å². The Hall–Kier alpha value is -5.58. The number of hydrogen-bond acceptors (Lipinski definition) is 3. The minimum absolute atomic E-state index is 0.727. The average Bonchev–Trinajstić information content (AvgIpc) is 3.64. The number of rotatable bonds is 4. The van der Waals surface area contributed by atoms with Gasteiger partial charge in [-0.1, -0.05) is 97.1 Å². The average molecular weight is 580 g/mol. The van der Waals surface area contributed by atoms with E-state index in [-0.39, 0.29) is 0 Å². The third-order valence-electron chi connectivity index (χ3n) is 8.41. The molecule has 3 heterocycles. The number of para-hydroxylation sites is 2. The molecule has 0 bridgehead atoms. The second-order valence-electron chi connectivity index (χ2n) is 11.1. The number of nitrogens with zero attached hydrogens (tertiary/aromatic N) is 3. The molecule has 0 N–H and O–H groups in total. The van der Waals surface area contributed by atoms with E-state index in [1.807, 2.05) is 23.5 Å². The predicted molar refractivity (Wildman–Crippen MR) is 186 cm³/mol. The highest BCUT2D eigenvalue weighted by molar-refractivity contribution is 7.25. The molecule has 0 aliphatic heterocycles. The van der Waals surface area contributed by atoms with Crippen molar-refractivity contribution in [1.29, 1.82) is 0 Å². The van der Waals surface area contributed by atoms with Crippen molar-refractivity contribution in [1.82, 2.24) is 14.5 Å². The van der Waals surface area contributed by atoms with Crippen molar-refractivity contribution >= 4 is 53.3 Å². The topological polar surface area (TPSA) is 30.7 Å². The minimum Gasteiger partial charge on any atom is -0.309 e. The van der Waals surface area contributed by atoms with E-state index in [9.17, 15) is 0 Å². The maximum Gasteiger partial charge on any atom is 0.160 e. The molecule has 6 aromatic carbocycles. The second kappa shape index (κ2) is 10.0. The van der Waals surface area contributed by atoms with Crippen LogP contribution in [0.2, 0.25) is 0 Å². The number of fused-ring (bicyclic) bond motifs is 6. The summed E-state index contributed by atoms with van der Waals surface area (Å²) in [5.74, 6) is 0.727. The number of thiophene rings is 1. The number of benzene rings is 6. The van der Waals surface area contributed by atoms with E-state index in [1.165, 1.54) is 42.0 Å². The first-order valence-electron chi connectivity index (χ1n) is 14.8. The van der Waals surface area contributed by atoms with E-state index in [1.54, 1.807) is 0 Å². The maximum absolute atomic E-state index is 5.09. The van der Waals surface area contributed by atoms with Gasteiger partial charge >= 0.3 is 0 Å². The summed E-state index contributed by atoms with van der Waals surface area (Å²) < 4.78 is 4.91. The van der Waals surface area contributed by atoms with Crippen molar-refractivity contribution in [3.63, 3.8) is 0 Å². The maximum atomic E-state index is 5.09. The van der Waals surface area contributed by atoms with Crippen LogP contribution in [0, 0.1) is 0 Å². The van der Waals surface area contributed by atoms with E-state index in [2.05, 4.69) is 144 Å². The van der Waals surface area contributed by atoms with Crippen LogP contribution in [0.3, 0.4) is 0 Å². The van der Waals surface area contributed by atoms with E-state index in [0.29, 0.717) is 0 Å². The Balaban J connectivity index is 1.24. The van der Waals surface area contributed by atoms with E-state index >= 15 is 0 Å². The van der Waals surface area contributed by atoms with E-state index in [0.717, 1.165) is 39.6 Å². The van der Waals surface area contributed by atoms with Gasteiger partial charge in [0.05, 0.1) is 22.4 Å². The summed E-state index contributed by atoms with van der Waals surface area (Å²) in [6.45, 7) is 0. The lowest BCUT2D eigenvalue weighted by atomic mass is 10.1. The van der Waals surface area contributed by atoms with Crippen molar-refractivity contribution in [2.45, 2.75) is 0 Å². The van der Waals surface area contributed by atoms with Crippen LogP contribution < -0.4 is 0 Å². The predicted octanol–water partition coefficient (Wildman–Crippen LogP) is 10.9. The van der Waals surface area contributed by atoms with Crippen LogP contribution in [-0.4, -0.2) is 14.5 Å². The Morgan fingerprint density at radius 2 is 0.932 bits per heavy atom. The van der Waals surface area contributed by atoms with Gasteiger partial charge in [0.1, 0.15) is 0 Å². The molecule has 206 valence electrons. The first kappa shape index (κ1) is 25.0. The fraction of sp³-hybridized carbons (Fsp3) is 0. The SMILES string of the molecule is c1ccc(-c2cc(-c3ccccc3)nc(-c3ccc4sc5ccc(-n6c7ccccc7c7ccccc76)cc5c4c3)n2)cc1. The zero-order chi connectivity index (χ0) is 29.0. The second-order valence-corrected chi connectivity index (χ2v) is 12.1. The van der Waals surface area contributed by atoms with Crippen molar-refractivity contribution < 1.29 is 0 Å². The van der Waals surface area contributed by atoms with Gasteiger partial charge in [-0.15, -0.1) is 11.3 Å². The highest BCUT2D eigenvalue weighted by atomic mass is 32.1. The molecule has 0 atom stereocenters. The van der Waals surface area contributed by atoms with Crippen molar-refractivity contribution in [2.24, 2.45) is 0 Å². The van der Waals surface area contributed by atoms with Crippen LogP contribution in [0.25, 0.3) is 81.6 Å². The molecule has 0 saturated carbocycles. The summed E-state index contributed by atoms with van der Waals surface area (Å²) >= 11 is 1.83. The Morgan fingerprint density at radius 3 is 1.55 bits per heavy atom. The van der Waals surface area contributed by atoms with Gasteiger partial charge in [-0.3, -0.25) is 0 Å². The summed E-state index contributed by atoms with van der Waals surface area (Å²) in [6, 6.07) is 53.6. The largest absolute Gasteiger partial charge is 0.309 e. The molecule has 4 heteroatoms. The lowest BCUT2D eigenvalue weighted by Gasteiger charge is -2.10.